The summed E-state index contributed by atoms with van der Waals surface area (Å²) in [7, 11) is 0. The van der Waals surface area contributed by atoms with Crippen LogP contribution < -0.4 is 5.32 Å². The number of ketones is 1. The fraction of sp³-hybridized carbons (Fsp3) is 0.176. The normalized spacial score (nSPS) is 10.7. The van der Waals surface area contributed by atoms with Crippen molar-refractivity contribution in [2.24, 2.45) is 0 Å². The van der Waals surface area contributed by atoms with E-state index in [1.165, 1.54) is 6.92 Å². The minimum Gasteiger partial charge on any atom is -0.461 e. The van der Waals surface area contributed by atoms with Gasteiger partial charge in [-0.15, -0.1) is 0 Å². The van der Waals surface area contributed by atoms with Crippen LogP contribution in [0, 0.1) is 6.92 Å². The topological polar surface area (TPSA) is 85.1 Å². The van der Waals surface area contributed by atoms with Gasteiger partial charge in [-0.1, -0.05) is 28.1 Å². The molecule has 3 aromatic rings. The molecule has 8 heteroatoms. The Kier molecular flexibility index (Phi) is 5.10. The van der Waals surface area contributed by atoms with E-state index in [0.717, 1.165) is 21.6 Å². The van der Waals surface area contributed by atoms with Crippen LogP contribution in [0.4, 0.5) is 5.13 Å². The van der Waals surface area contributed by atoms with Crippen molar-refractivity contribution in [3.05, 3.63) is 52.0 Å². The number of benzene rings is 1. The Morgan fingerprint density at radius 3 is 2.84 bits per heavy atom. The van der Waals surface area contributed by atoms with Gasteiger partial charge in [0.15, 0.2) is 5.82 Å². The Morgan fingerprint density at radius 1 is 1.32 bits per heavy atom. The zero-order valence-corrected chi connectivity index (χ0v) is 15.9. The SMILES string of the molecule is CC(=O)Cc1nsc(NC(=O)c2cc(-c3cccc(Br)c3)oc2C)n1. The Hall–Kier alpha value is -2.32. The van der Waals surface area contributed by atoms with Gasteiger partial charge in [0, 0.05) is 21.6 Å². The quantitative estimate of drug-likeness (QED) is 0.667. The summed E-state index contributed by atoms with van der Waals surface area (Å²) < 4.78 is 10.7. The number of hydrogen-bond acceptors (Lipinski definition) is 6. The summed E-state index contributed by atoms with van der Waals surface area (Å²) in [6, 6.07) is 9.34. The van der Waals surface area contributed by atoms with Crippen LogP contribution >= 0.6 is 27.5 Å². The van der Waals surface area contributed by atoms with Crippen LogP contribution in [0.15, 0.2) is 39.2 Å². The lowest BCUT2D eigenvalue weighted by Crippen LogP contribution is -2.12. The second kappa shape index (κ2) is 7.28. The number of aromatic nitrogens is 2. The summed E-state index contributed by atoms with van der Waals surface area (Å²) in [5.74, 6) is 1.18. The van der Waals surface area contributed by atoms with Crippen LogP contribution in [0.2, 0.25) is 0 Å². The zero-order chi connectivity index (χ0) is 18.0. The van der Waals surface area contributed by atoms with Gasteiger partial charge in [-0.3, -0.25) is 14.9 Å². The number of halogens is 1. The summed E-state index contributed by atoms with van der Waals surface area (Å²) in [5.41, 5.74) is 1.30. The van der Waals surface area contributed by atoms with Crippen molar-refractivity contribution >= 4 is 44.3 Å². The number of rotatable bonds is 5. The summed E-state index contributed by atoms with van der Waals surface area (Å²) in [4.78, 5) is 27.7. The molecule has 0 aliphatic carbocycles. The van der Waals surface area contributed by atoms with Crippen molar-refractivity contribution in [2.45, 2.75) is 20.3 Å². The Morgan fingerprint density at radius 2 is 2.12 bits per heavy atom. The van der Waals surface area contributed by atoms with Crippen molar-refractivity contribution in [3.8, 4) is 11.3 Å². The van der Waals surface area contributed by atoms with Gasteiger partial charge in [-0.2, -0.15) is 4.37 Å². The number of nitrogens with one attached hydrogen (secondary N) is 1. The smallest absolute Gasteiger partial charge is 0.261 e. The number of anilines is 1. The van der Waals surface area contributed by atoms with Gasteiger partial charge >= 0.3 is 0 Å². The lowest BCUT2D eigenvalue weighted by molar-refractivity contribution is -0.116. The van der Waals surface area contributed by atoms with Gasteiger partial charge in [0.2, 0.25) is 5.13 Å². The highest BCUT2D eigenvalue weighted by Crippen LogP contribution is 2.28. The highest BCUT2D eigenvalue weighted by molar-refractivity contribution is 9.10. The molecule has 0 atom stereocenters. The molecule has 2 aromatic heterocycles. The molecule has 0 saturated heterocycles. The molecule has 3 rings (SSSR count). The molecule has 0 aliphatic heterocycles. The highest BCUT2D eigenvalue weighted by Gasteiger charge is 2.18. The molecular formula is C17H14BrN3O3S. The van der Waals surface area contributed by atoms with Gasteiger partial charge in [0.1, 0.15) is 17.3 Å². The molecule has 1 amide bonds. The van der Waals surface area contributed by atoms with E-state index in [2.05, 4.69) is 30.6 Å². The summed E-state index contributed by atoms with van der Waals surface area (Å²) in [6.07, 6.45) is 0.157. The van der Waals surface area contributed by atoms with E-state index in [9.17, 15) is 9.59 Å². The minimum atomic E-state index is -0.326. The number of carbonyl (C=O) groups excluding carboxylic acids is 2. The number of amides is 1. The van der Waals surface area contributed by atoms with Crippen LogP contribution in [0.3, 0.4) is 0 Å². The van der Waals surface area contributed by atoms with Gasteiger partial charge in [0.05, 0.1) is 12.0 Å². The van der Waals surface area contributed by atoms with E-state index in [1.54, 1.807) is 13.0 Å². The highest BCUT2D eigenvalue weighted by atomic mass is 79.9. The van der Waals surface area contributed by atoms with Crippen LogP contribution in [0.5, 0.6) is 0 Å². The maximum absolute atomic E-state index is 12.5. The summed E-state index contributed by atoms with van der Waals surface area (Å²) in [6.45, 7) is 3.20. The third-order valence-corrected chi connectivity index (χ3v) is 4.53. The molecule has 0 saturated carbocycles. The van der Waals surface area contributed by atoms with Gasteiger partial charge in [-0.25, -0.2) is 4.98 Å². The number of carbonyl (C=O) groups is 2. The molecule has 0 fully saturated rings. The molecule has 25 heavy (non-hydrogen) atoms. The van der Waals surface area contributed by atoms with Crippen LogP contribution in [0.25, 0.3) is 11.3 Å². The maximum atomic E-state index is 12.5. The summed E-state index contributed by atoms with van der Waals surface area (Å²) >= 11 is 4.46. The van der Waals surface area contributed by atoms with Crippen molar-refractivity contribution in [1.82, 2.24) is 9.36 Å². The fourth-order valence-corrected chi connectivity index (χ4v) is 3.24. The monoisotopic (exact) mass is 419 g/mol. The Bertz CT molecular complexity index is 948. The van der Waals surface area contributed by atoms with E-state index >= 15 is 0 Å². The van der Waals surface area contributed by atoms with Crippen LogP contribution in [-0.2, 0) is 11.2 Å². The average molecular weight is 420 g/mol. The molecule has 6 nitrogen and oxygen atoms in total. The molecule has 0 aliphatic rings. The Balaban J connectivity index is 1.78. The van der Waals surface area contributed by atoms with Crippen LogP contribution in [0.1, 0.15) is 28.9 Å². The van der Waals surface area contributed by atoms with Crippen molar-refractivity contribution in [1.29, 1.82) is 0 Å². The number of aryl methyl sites for hydroxylation is 1. The van der Waals surface area contributed by atoms with Crippen molar-refractivity contribution < 1.29 is 14.0 Å². The van der Waals surface area contributed by atoms with Gasteiger partial charge in [0.25, 0.3) is 5.91 Å². The third-order valence-electron chi connectivity index (χ3n) is 3.37. The standard InChI is InChI=1S/C17H14BrN3O3S/c1-9(22)6-15-19-17(25-21-15)20-16(23)13-8-14(24-10(13)2)11-4-3-5-12(18)7-11/h3-5,7-8H,6H2,1-2H3,(H,19,20,21,23). The van der Waals surface area contributed by atoms with Crippen LogP contribution in [-0.4, -0.2) is 21.0 Å². The van der Waals surface area contributed by atoms with Crippen molar-refractivity contribution in [2.75, 3.05) is 5.32 Å². The largest absolute Gasteiger partial charge is 0.461 e. The molecule has 0 spiro atoms. The molecular weight excluding hydrogens is 406 g/mol. The molecule has 0 bridgehead atoms. The summed E-state index contributed by atoms with van der Waals surface area (Å²) in [5, 5.41) is 3.05. The van der Waals surface area contributed by atoms with E-state index < -0.39 is 0 Å². The number of furan rings is 1. The lowest BCUT2D eigenvalue weighted by Gasteiger charge is -1.98. The lowest BCUT2D eigenvalue weighted by atomic mass is 10.1. The molecule has 2 heterocycles. The van der Waals surface area contributed by atoms with Crippen molar-refractivity contribution in [3.63, 3.8) is 0 Å². The van der Waals surface area contributed by atoms with Gasteiger partial charge in [-0.05, 0) is 32.0 Å². The minimum absolute atomic E-state index is 0.0278. The van der Waals surface area contributed by atoms with E-state index in [4.69, 9.17) is 4.42 Å². The molecule has 0 radical (unpaired) electrons. The number of hydrogen-bond donors (Lipinski definition) is 1. The average Bonchev–Trinajstić information content (AvgIpc) is 3.13. The predicted octanol–water partition coefficient (Wildman–Crippen LogP) is 4.25. The number of Topliss-reactive ketones (excluding diaryl/α,β-unsaturated/α-hetero) is 1. The van der Waals surface area contributed by atoms with E-state index in [1.807, 2.05) is 24.3 Å². The van der Waals surface area contributed by atoms with E-state index in [0.29, 0.717) is 28.0 Å². The molecule has 128 valence electrons. The molecule has 1 N–H and O–H groups in total. The predicted molar refractivity (Wildman–Crippen MR) is 98.8 cm³/mol. The third kappa shape index (κ3) is 4.21. The van der Waals surface area contributed by atoms with Gasteiger partial charge < -0.3 is 4.42 Å². The molecule has 0 unspecified atom stereocenters. The first-order valence-electron chi connectivity index (χ1n) is 7.42. The second-order valence-electron chi connectivity index (χ2n) is 5.44. The zero-order valence-electron chi connectivity index (χ0n) is 13.5. The molecule has 1 aromatic carbocycles. The Labute approximate surface area is 156 Å². The second-order valence-corrected chi connectivity index (χ2v) is 7.11. The first-order chi connectivity index (χ1) is 11.9. The first kappa shape index (κ1) is 17.5. The van der Waals surface area contributed by atoms with E-state index in [-0.39, 0.29) is 18.1 Å². The number of nitrogens with zero attached hydrogens (tertiary/aromatic N) is 2. The maximum Gasteiger partial charge on any atom is 0.261 e. The first-order valence-corrected chi connectivity index (χ1v) is 8.99. The fourth-order valence-electron chi connectivity index (χ4n) is 2.26.